The van der Waals surface area contributed by atoms with Gasteiger partial charge >= 0.3 is 0 Å². The van der Waals surface area contributed by atoms with Crippen LogP contribution >= 0.6 is 12.4 Å². The van der Waals surface area contributed by atoms with Gasteiger partial charge in [0, 0.05) is 6.54 Å². The molecule has 0 aromatic heterocycles. The van der Waals surface area contributed by atoms with E-state index in [1.165, 1.54) is 25.7 Å². The van der Waals surface area contributed by atoms with Crippen molar-refractivity contribution in [1.29, 1.82) is 0 Å². The Balaban J connectivity index is 0.00000441. The van der Waals surface area contributed by atoms with E-state index in [0.29, 0.717) is 18.1 Å². The van der Waals surface area contributed by atoms with Gasteiger partial charge in [0.2, 0.25) is 5.75 Å². The van der Waals surface area contributed by atoms with E-state index in [9.17, 15) is 5.11 Å². The van der Waals surface area contributed by atoms with Crippen LogP contribution in [-0.4, -0.2) is 37.8 Å². The monoisotopic (exact) mass is 331 g/mol. The molecule has 1 N–H and O–H groups in total. The van der Waals surface area contributed by atoms with Crippen molar-refractivity contribution in [1.82, 2.24) is 4.90 Å². The van der Waals surface area contributed by atoms with Crippen molar-refractivity contribution < 1.29 is 14.6 Å². The zero-order valence-corrected chi connectivity index (χ0v) is 15.0. The average Bonchev–Trinajstić information content (AvgIpc) is 2.44. The normalized spacial score (nSPS) is 10.4. The predicted octanol–water partition coefficient (Wildman–Crippen LogP) is 4.23. The molecule has 4 nitrogen and oxygen atoms in total. The first-order chi connectivity index (χ1) is 10.1. The number of hydrogen-bond donors (Lipinski definition) is 1. The molecule has 128 valence electrons. The number of methoxy groups -OCH3 is 1. The Morgan fingerprint density at radius 3 is 2.27 bits per heavy atom. The number of rotatable bonds is 10. The summed E-state index contributed by atoms with van der Waals surface area (Å²) in [4.78, 5) is 2.07. The molecule has 1 aromatic carbocycles. The third-order valence-electron chi connectivity index (χ3n) is 3.32. The van der Waals surface area contributed by atoms with Crippen LogP contribution in [0.5, 0.6) is 17.2 Å². The summed E-state index contributed by atoms with van der Waals surface area (Å²) in [6, 6.07) is 3.74. The molecule has 1 rings (SSSR count). The summed E-state index contributed by atoms with van der Waals surface area (Å²) in [5.74, 6) is 1.07. The van der Waals surface area contributed by atoms with Crippen LogP contribution in [0.25, 0.3) is 0 Å². The van der Waals surface area contributed by atoms with E-state index in [-0.39, 0.29) is 18.2 Å². The number of phenolic OH excluding ortho intramolecular Hbond substituents is 1. The maximum atomic E-state index is 10.1. The molecule has 0 aliphatic carbocycles. The fourth-order valence-electron chi connectivity index (χ4n) is 2.25. The molecule has 0 aliphatic heterocycles. The molecular formula is C17H30ClNO3. The summed E-state index contributed by atoms with van der Waals surface area (Å²) in [5.41, 5.74) is 1.07. The zero-order chi connectivity index (χ0) is 15.7. The van der Waals surface area contributed by atoms with Crippen molar-refractivity contribution in [3.63, 3.8) is 0 Å². The van der Waals surface area contributed by atoms with E-state index in [2.05, 4.69) is 11.8 Å². The Kier molecular flexibility index (Phi) is 10.9. The van der Waals surface area contributed by atoms with Gasteiger partial charge < -0.3 is 19.5 Å². The molecule has 0 atom stereocenters. The number of hydrogen-bond acceptors (Lipinski definition) is 4. The lowest BCUT2D eigenvalue weighted by molar-refractivity contribution is 0.280. The minimum Gasteiger partial charge on any atom is -0.502 e. The Labute approximate surface area is 140 Å². The minimum absolute atomic E-state index is 0. The number of halogens is 1. The lowest BCUT2D eigenvalue weighted by Crippen LogP contribution is -2.11. The number of aromatic hydroxyl groups is 1. The van der Waals surface area contributed by atoms with Crippen LogP contribution in [0.4, 0.5) is 0 Å². The summed E-state index contributed by atoms with van der Waals surface area (Å²) in [5, 5.41) is 10.1. The number of ether oxygens (including phenoxy) is 2. The van der Waals surface area contributed by atoms with Gasteiger partial charge in [0.25, 0.3) is 0 Å². The minimum atomic E-state index is 0. The van der Waals surface area contributed by atoms with Crippen LogP contribution in [0.2, 0.25) is 0 Å². The van der Waals surface area contributed by atoms with E-state index in [4.69, 9.17) is 9.47 Å². The molecule has 0 bridgehead atoms. The summed E-state index contributed by atoms with van der Waals surface area (Å²) in [6.07, 6.45) is 5.95. The van der Waals surface area contributed by atoms with Crippen molar-refractivity contribution in [2.24, 2.45) is 0 Å². The quantitative estimate of drug-likeness (QED) is 0.651. The molecule has 1 aromatic rings. The highest BCUT2D eigenvalue weighted by molar-refractivity contribution is 5.85. The van der Waals surface area contributed by atoms with Gasteiger partial charge in [-0.3, -0.25) is 0 Å². The predicted molar refractivity (Wildman–Crippen MR) is 93.6 cm³/mol. The van der Waals surface area contributed by atoms with Crippen molar-refractivity contribution in [2.75, 3.05) is 27.8 Å². The third kappa shape index (κ3) is 7.23. The molecule has 0 fully saturated rings. The largest absolute Gasteiger partial charge is 0.502 e. The third-order valence-corrected chi connectivity index (χ3v) is 3.32. The Hall–Kier alpha value is -1.13. The number of unbranched alkanes of at least 4 members (excludes halogenated alkanes) is 4. The molecule has 0 heterocycles. The van der Waals surface area contributed by atoms with Gasteiger partial charge in [0.1, 0.15) is 0 Å². The Morgan fingerprint density at radius 1 is 1.05 bits per heavy atom. The lowest BCUT2D eigenvalue weighted by atomic mass is 10.1. The average molecular weight is 332 g/mol. The highest BCUT2D eigenvalue weighted by atomic mass is 35.5. The van der Waals surface area contributed by atoms with E-state index < -0.39 is 0 Å². The molecule has 5 heteroatoms. The number of nitrogens with zero attached hydrogens (tertiary/aromatic N) is 1. The zero-order valence-electron chi connectivity index (χ0n) is 14.2. The fourth-order valence-corrected chi connectivity index (χ4v) is 2.25. The molecule has 0 saturated heterocycles. The van der Waals surface area contributed by atoms with Crippen molar-refractivity contribution in [2.45, 2.75) is 45.6 Å². The summed E-state index contributed by atoms with van der Waals surface area (Å²) >= 11 is 0. The molecule has 22 heavy (non-hydrogen) atoms. The van der Waals surface area contributed by atoms with Crippen LogP contribution in [-0.2, 0) is 6.54 Å². The van der Waals surface area contributed by atoms with Gasteiger partial charge in [-0.05, 0) is 38.2 Å². The van der Waals surface area contributed by atoms with Gasteiger partial charge in [-0.25, -0.2) is 0 Å². The van der Waals surface area contributed by atoms with E-state index >= 15 is 0 Å². The van der Waals surface area contributed by atoms with Crippen LogP contribution < -0.4 is 9.47 Å². The van der Waals surface area contributed by atoms with E-state index in [1.54, 1.807) is 7.11 Å². The van der Waals surface area contributed by atoms with Crippen LogP contribution in [0.1, 0.15) is 44.6 Å². The summed E-state index contributed by atoms with van der Waals surface area (Å²) in [6.45, 7) is 3.62. The first-order valence-corrected chi connectivity index (χ1v) is 7.75. The van der Waals surface area contributed by atoms with Gasteiger partial charge in [-0.2, -0.15) is 0 Å². The molecule has 0 aliphatic rings. The maximum absolute atomic E-state index is 10.1. The molecular weight excluding hydrogens is 302 g/mol. The van der Waals surface area contributed by atoms with Gasteiger partial charge in [0.15, 0.2) is 11.5 Å². The highest BCUT2D eigenvalue weighted by Crippen LogP contribution is 2.37. The second-order valence-corrected chi connectivity index (χ2v) is 5.65. The first-order valence-electron chi connectivity index (χ1n) is 7.75. The van der Waals surface area contributed by atoms with Crippen LogP contribution in [0.15, 0.2) is 12.1 Å². The molecule has 0 amide bonds. The maximum Gasteiger partial charge on any atom is 0.200 e. The second-order valence-electron chi connectivity index (χ2n) is 5.65. The van der Waals surface area contributed by atoms with Crippen molar-refractivity contribution in [3.8, 4) is 17.2 Å². The molecule has 0 saturated carbocycles. The number of benzene rings is 1. The summed E-state index contributed by atoms with van der Waals surface area (Å²) in [7, 11) is 5.57. The number of phenols is 1. The van der Waals surface area contributed by atoms with Gasteiger partial charge in [0.05, 0.1) is 13.7 Å². The van der Waals surface area contributed by atoms with Crippen molar-refractivity contribution >= 4 is 12.4 Å². The SMILES string of the molecule is CCCCCCCOc1cc(CN(C)C)cc(OC)c1O.Cl. The standard InChI is InChI=1S/C17H29NO3.ClH/c1-5-6-7-8-9-10-21-16-12-14(13-18(2)3)11-15(20-4)17(16)19;/h11-12,19H,5-10,13H2,1-4H3;1H. The molecule has 0 radical (unpaired) electrons. The summed E-state index contributed by atoms with van der Waals surface area (Å²) < 4.78 is 11.0. The van der Waals surface area contributed by atoms with E-state index in [0.717, 1.165) is 18.5 Å². The fraction of sp³-hybridized carbons (Fsp3) is 0.647. The highest BCUT2D eigenvalue weighted by Gasteiger charge is 2.12. The smallest absolute Gasteiger partial charge is 0.200 e. The van der Waals surface area contributed by atoms with Crippen molar-refractivity contribution in [3.05, 3.63) is 17.7 Å². The van der Waals surface area contributed by atoms with E-state index in [1.807, 2.05) is 26.2 Å². The van der Waals surface area contributed by atoms with Crippen LogP contribution in [0.3, 0.4) is 0 Å². The second kappa shape index (κ2) is 11.4. The molecule has 0 spiro atoms. The Bertz CT molecular complexity index is 425. The Morgan fingerprint density at radius 2 is 1.68 bits per heavy atom. The van der Waals surface area contributed by atoms with Gasteiger partial charge in [-0.1, -0.05) is 32.6 Å². The first kappa shape index (κ1) is 20.9. The lowest BCUT2D eigenvalue weighted by Gasteiger charge is -2.15. The van der Waals surface area contributed by atoms with Crippen LogP contribution in [0, 0.1) is 0 Å². The van der Waals surface area contributed by atoms with Gasteiger partial charge in [-0.15, -0.1) is 12.4 Å². The topological polar surface area (TPSA) is 41.9 Å². The molecule has 0 unspecified atom stereocenters.